The molecule has 1 aromatic carbocycles. The fourth-order valence-corrected chi connectivity index (χ4v) is 6.06. The molecule has 0 saturated heterocycles. The molecule has 7 nitrogen and oxygen atoms in total. The lowest BCUT2D eigenvalue weighted by atomic mass is 10.0. The van der Waals surface area contributed by atoms with Gasteiger partial charge in [-0.05, 0) is 41.6 Å². The Kier molecular flexibility index (Phi) is 7.13. The zero-order chi connectivity index (χ0) is 23.4. The van der Waals surface area contributed by atoms with Crippen LogP contribution in [-0.4, -0.2) is 34.9 Å². The molecule has 1 aliphatic heterocycles. The van der Waals surface area contributed by atoms with E-state index in [-0.39, 0.29) is 23.5 Å². The minimum absolute atomic E-state index is 0.00310. The maximum atomic E-state index is 12.6. The molecule has 2 aromatic heterocycles. The van der Waals surface area contributed by atoms with Gasteiger partial charge in [0.05, 0.1) is 22.7 Å². The number of carbonyl (C=O) groups excluding carboxylic acids is 3. The molecule has 33 heavy (non-hydrogen) atoms. The van der Waals surface area contributed by atoms with Gasteiger partial charge >= 0.3 is 0 Å². The average Bonchev–Trinajstić information content (AvgIpc) is 3.45. The van der Waals surface area contributed by atoms with Gasteiger partial charge in [-0.3, -0.25) is 14.4 Å². The molecule has 168 valence electrons. The topological polar surface area (TPSA) is 102 Å². The molecule has 3 aromatic rings. The zero-order valence-corrected chi connectivity index (χ0v) is 20.2. The summed E-state index contributed by atoms with van der Waals surface area (Å²) in [7, 11) is 0. The number of thiophene rings is 2. The molecule has 0 fully saturated rings. The highest BCUT2D eigenvalue weighted by molar-refractivity contribution is 8.00. The molecule has 0 spiro atoms. The number of amides is 3. The summed E-state index contributed by atoms with van der Waals surface area (Å²) >= 11 is 4.08. The van der Waals surface area contributed by atoms with Gasteiger partial charge in [0.2, 0.25) is 11.8 Å². The van der Waals surface area contributed by atoms with Gasteiger partial charge in [-0.2, -0.15) is 5.26 Å². The van der Waals surface area contributed by atoms with Crippen molar-refractivity contribution in [3.05, 3.63) is 62.7 Å². The smallest absolute Gasteiger partial charge is 0.265 e. The normalized spacial score (nSPS) is 12.5. The maximum Gasteiger partial charge on any atom is 0.265 e. The van der Waals surface area contributed by atoms with Crippen LogP contribution in [-0.2, 0) is 22.6 Å². The summed E-state index contributed by atoms with van der Waals surface area (Å²) in [6.07, 6.45) is 0.614. The van der Waals surface area contributed by atoms with Crippen molar-refractivity contribution in [1.29, 1.82) is 5.26 Å². The molecular weight excluding hydrogens is 476 g/mol. The van der Waals surface area contributed by atoms with Crippen LogP contribution in [0, 0.1) is 11.3 Å². The molecule has 0 radical (unpaired) electrons. The van der Waals surface area contributed by atoms with E-state index in [0.717, 1.165) is 15.3 Å². The summed E-state index contributed by atoms with van der Waals surface area (Å²) in [5.74, 6) is -0.219. The van der Waals surface area contributed by atoms with E-state index in [4.69, 9.17) is 0 Å². The second kappa shape index (κ2) is 10.2. The number of rotatable bonds is 6. The molecule has 3 heterocycles. The second-order valence-corrected chi connectivity index (χ2v) is 10.4. The van der Waals surface area contributed by atoms with Crippen LogP contribution in [0.25, 0.3) is 0 Å². The fourth-order valence-electron chi connectivity index (χ4n) is 3.45. The summed E-state index contributed by atoms with van der Waals surface area (Å²) in [6.45, 7) is 2.58. The van der Waals surface area contributed by atoms with E-state index in [9.17, 15) is 19.6 Å². The Morgan fingerprint density at radius 3 is 2.79 bits per heavy atom. The summed E-state index contributed by atoms with van der Waals surface area (Å²) in [5.41, 5.74) is 2.08. The van der Waals surface area contributed by atoms with Gasteiger partial charge in [-0.15, -0.1) is 34.4 Å². The quantitative estimate of drug-likeness (QED) is 0.487. The maximum absolute atomic E-state index is 12.6. The number of fused-ring (bicyclic) bond motifs is 1. The van der Waals surface area contributed by atoms with Crippen molar-refractivity contribution >= 4 is 62.8 Å². The van der Waals surface area contributed by atoms with Gasteiger partial charge in [0, 0.05) is 28.9 Å². The fraction of sp³-hybridized carbons (Fsp3) is 0.217. The third kappa shape index (κ3) is 5.45. The number of nitrogens with one attached hydrogen (secondary N) is 2. The lowest BCUT2D eigenvalue weighted by Gasteiger charge is -2.25. The Labute approximate surface area is 203 Å². The summed E-state index contributed by atoms with van der Waals surface area (Å²) in [5, 5.41) is 17.7. The molecule has 0 atom stereocenters. The molecule has 1 aliphatic rings. The number of nitrogens with zero attached hydrogens (tertiary/aromatic N) is 2. The van der Waals surface area contributed by atoms with Crippen LogP contribution >= 0.6 is 34.4 Å². The van der Waals surface area contributed by atoms with Gasteiger partial charge in [-0.25, -0.2) is 0 Å². The monoisotopic (exact) mass is 496 g/mol. The van der Waals surface area contributed by atoms with Crippen molar-refractivity contribution < 1.29 is 14.4 Å². The lowest BCUT2D eigenvalue weighted by molar-refractivity contribution is -0.129. The molecule has 0 bridgehead atoms. The Morgan fingerprint density at radius 2 is 2.06 bits per heavy atom. The van der Waals surface area contributed by atoms with E-state index in [0.29, 0.717) is 40.6 Å². The Hall–Kier alpha value is -3.13. The first kappa shape index (κ1) is 23.0. The highest BCUT2D eigenvalue weighted by Gasteiger charge is 2.26. The second-order valence-electron chi connectivity index (χ2n) is 7.31. The first-order valence-corrected chi connectivity index (χ1v) is 12.8. The number of nitriles is 1. The van der Waals surface area contributed by atoms with E-state index in [1.807, 2.05) is 29.6 Å². The Bertz CT molecular complexity index is 1240. The molecule has 4 rings (SSSR count). The molecule has 0 saturated carbocycles. The van der Waals surface area contributed by atoms with Crippen molar-refractivity contribution in [2.24, 2.45) is 0 Å². The Balaban J connectivity index is 1.37. The molecule has 0 aliphatic carbocycles. The molecule has 3 amide bonds. The van der Waals surface area contributed by atoms with Crippen molar-refractivity contribution in [3.8, 4) is 6.07 Å². The number of hydrogen-bond donors (Lipinski definition) is 2. The summed E-state index contributed by atoms with van der Waals surface area (Å²) < 4.78 is 0. The summed E-state index contributed by atoms with van der Waals surface area (Å²) in [6, 6.07) is 13.1. The lowest BCUT2D eigenvalue weighted by Crippen LogP contribution is -2.33. The predicted octanol–water partition coefficient (Wildman–Crippen LogP) is 4.57. The van der Waals surface area contributed by atoms with Gasteiger partial charge in [-0.1, -0.05) is 12.1 Å². The largest absolute Gasteiger partial charge is 0.337 e. The van der Waals surface area contributed by atoms with Gasteiger partial charge in [0.1, 0.15) is 11.1 Å². The van der Waals surface area contributed by atoms with Gasteiger partial charge in [0.15, 0.2) is 0 Å². The van der Waals surface area contributed by atoms with Gasteiger partial charge in [0.25, 0.3) is 5.91 Å². The minimum Gasteiger partial charge on any atom is -0.337 e. The molecular formula is C23H20N4O3S3. The van der Waals surface area contributed by atoms with E-state index in [2.05, 4.69) is 16.7 Å². The SMILES string of the molecule is CC(=O)N1CCc2c(sc(NC(=O)CSc3cccc(NC(=O)c4cccs4)c3)c2C#N)C1. The predicted molar refractivity (Wildman–Crippen MR) is 132 cm³/mol. The minimum atomic E-state index is -0.216. The van der Waals surface area contributed by atoms with E-state index >= 15 is 0 Å². The number of hydrogen-bond acceptors (Lipinski definition) is 7. The van der Waals surface area contributed by atoms with Crippen LogP contribution in [0.4, 0.5) is 10.7 Å². The van der Waals surface area contributed by atoms with Crippen LogP contribution < -0.4 is 10.6 Å². The van der Waals surface area contributed by atoms with E-state index in [1.54, 1.807) is 17.0 Å². The highest BCUT2D eigenvalue weighted by Crippen LogP contribution is 2.37. The van der Waals surface area contributed by atoms with E-state index in [1.165, 1.54) is 41.4 Å². The van der Waals surface area contributed by atoms with Crippen LogP contribution in [0.3, 0.4) is 0 Å². The van der Waals surface area contributed by atoms with Crippen LogP contribution in [0.2, 0.25) is 0 Å². The average molecular weight is 497 g/mol. The van der Waals surface area contributed by atoms with Crippen LogP contribution in [0.5, 0.6) is 0 Å². The number of anilines is 2. The van der Waals surface area contributed by atoms with Gasteiger partial charge < -0.3 is 15.5 Å². The zero-order valence-electron chi connectivity index (χ0n) is 17.7. The van der Waals surface area contributed by atoms with E-state index < -0.39 is 0 Å². The van der Waals surface area contributed by atoms with Crippen molar-refractivity contribution in [2.75, 3.05) is 22.9 Å². The summed E-state index contributed by atoms with van der Waals surface area (Å²) in [4.78, 5) is 40.7. The third-order valence-corrected chi connectivity index (χ3v) is 8.07. The number of benzene rings is 1. The number of carbonyl (C=O) groups is 3. The molecule has 0 unspecified atom stereocenters. The standard InChI is InChI=1S/C23H20N4O3S3/c1-14(28)27-8-7-17-18(11-24)23(33-20(17)12-27)26-21(29)13-32-16-5-2-4-15(10-16)25-22(30)19-6-3-9-31-19/h2-6,9-10H,7-8,12-13H2,1H3,(H,25,30)(H,26,29). The van der Waals surface area contributed by atoms with Crippen molar-refractivity contribution in [3.63, 3.8) is 0 Å². The first-order chi connectivity index (χ1) is 15.9. The molecule has 10 heteroatoms. The Morgan fingerprint density at radius 1 is 1.21 bits per heavy atom. The highest BCUT2D eigenvalue weighted by atomic mass is 32.2. The third-order valence-electron chi connectivity index (χ3n) is 5.07. The first-order valence-electron chi connectivity index (χ1n) is 10.1. The van der Waals surface area contributed by atoms with Crippen molar-refractivity contribution in [1.82, 2.24) is 4.90 Å². The van der Waals surface area contributed by atoms with Crippen LogP contribution in [0.15, 0.2) is 46.7 Å². The number of thioether (sulfide) groups is 1. The van der Waals surface area contributed by atoms with Crippen LogP contribution in [0.1, 0.15) is 32.6 Å². The molecule has 2 N–H and O–H groups in total. The van der Waals surface area contributed by atoms with Crippen molar-refractivity contribution in [2.45, 2.75) is 24.8 Å².